The van der Waals surface area contributed by atoms with Crippen molar-refractivity contribution in [2.45, 2.75) is 37.5 Å². The number of benzene rings is 1. The zero-order chi connectivity index (χ0) is 21.3. The molecule has 1 saturated heterocycles. The molecule has 1 spiro atoms. The van der Waals surface area contributed by atoms with Gasteiger partial charge < -0.3 is 14.9 Å². The maximum atomic E-state index is 13.1. The summed E-state index contributed by atoms with van der Waals surface area (Å²) in [6, 6.07) is 5.63. The number of fused-ring (bicyclic) bond motifs is 2. The van der Waals surface area contributed by atoms with E-state index in [-0.39, 0.29) is 30.3 Å². The summed E-state index contributed by atoms with van der Waals surface area (Å²) in [6.45, 7) is 1.87. The van der Waals surface area contributed by atoms with Crippen LogP contribution in [0.2, 0.25) is 9.36 Å². The average Bonchev–Trinajstić information content (AvgIpc) is 3.41. The summed E-state index contributed by atoms with van der Waals surface area (Å²) in [7, 11) is 0. The predicted octanol–water partition coefficient (Wildman–Crippen LogP) is 3.67. The van der Waals surface area contributed by atoms with E-state index in [0.717, 1.165) is 17.7 Å². The number of aliphatic hydroxyl groups is 1. The van der Waals surface area contributed by atoms with Gasteiger partial charge in [-0.15, -0.1) is 11.3 Å². The number of aliphatic hydroxyl groups excluding tert-OH is 1. The molecule has 9 heteroatoms. The van der Waals surface area contributed by atoms with Gasteiger partial charge in [0.25, 0.3) is 0 Å². The maximum Gasteiger partial charge on any atom is 0.233 e. The number of hydrogen-bond donors (Lipinski definition) is 1. The van der Waals surface area contributed by atoms with Gasteiger partial charge in [0.2, 0.25) is 11.8 Å². The molecule has 2 aliphatic rings. The van der Waals surface area contributed by atoms with Gasteiger partial charge in [0.1, 0.15) is 9.34 Å². The lowest BCUT2D eigenvalue weighted by Gasteiger charge is -2.26. The normalized spacial score (nSPS) is 20.2. The minimum absolute atomic E-state index is 0.0332. The van der Waals surface area contributed by atoms with E-state index in [1.54, 1.807) is 17.2 Å². The largest absolute Gasteiger partial charge is 0.396 e. The standard InChI is InChI=1S/C21H23Cl2N3O3S/c22-14-4-5-16-15(9-14)21(6-7-25(12-21)19(28)3-1-2-8-27)13-26(16)20(29)10-18-24-11-17(23)30-18/h4-5,9,11,27H,1-3,6-8,10,12-13H2. The Labute approximate surface area is 189 Å². The maximum absolute atomic E-state index is 13.1. The van der Waals surface area contributed by atoms with E-state index in [9.17, 15) is 9.59 Å². The summed E-state index contributed by atoms with van der Waals surface area (Å²) < 4.78 is 0.564. The number of aromatic nitrogens is 1. The van der Waals surface area contributed by atoms with E-state index in [1.165, 1.54) is 11.3 Å². The molecule has 1 fully saturated rings. The van der Waals surface area contributed by atoms with Crippen molar-refractivity contribution in [3.63, 3.8) is 0 Å². The molecule has 0 aliphatic carbocycles. The fourth-order valence-corrected chi connectivity index (χ4v) is 5.56. The highest BCUT2D eigenvalue weighted by atomic mass is 35.5. The number of carbonyl (C=O) groups excluding carboxylic acids is 2. The Morgan fingerprint density at radius 1 is 1.20 bits per heavy atom. The van der Waals surface area contributed by atoms with Gasteiger partial charge >= 0.3 is 0 Å². The van der Waals surface area contributed by atoms with E-state index >= 15 is 0 Å². The van der Waals surface area contributed by atoms with Crippen molar-refractivity contribution >= 4 is 52.0 Å². The molecule has 1 aromatic carbocycles. The fourth-order valence-electron chi connectivity index (χ4n) is 4.44. The number of hydrogen-bond acceptors (Lipinski definition) is 5. The first-order chi connectivity index (χ1) is 14.4. The summed E-state index contributed by atoms with van der Waals surface area (Å²) in [5.41, 5.74) is 1.59. The Balaban J connectivity index is 1.55. The smallest absolute Gasteiger partial charge is 0.233 e. The Morgan fingerprint density at radius 2 is 2.03 bits per heavy atom. The van der Waals surface area contributed by atoms with Crippen LogP contribution >= 0.6 is 34.5 Å². The van der Waals surface area contributed by atoms with Crippen LogP contribution in [0.3, 0.4) is 0 Å². The van der Waals surface area contributed by atoms with Crippen molar-refractivity contribution in [3.05, 3.63) is 44.3 Å². The molecule has 1 atom stereocenters. The van der Waals surface area contributed by atoms with Gasteiger partial charge in [-0.1, -0.05) is 23.2 Å². The number of anilines is 1. The fraction of sp³-hybridized carbons (Fsp3) is 0.476. The van der Waals surface area contributed by atoms with Crippen LogP contribution in [-0.4, -0.2) is 53.0 Å². The van der Waals surface area contributed by atoms with Gasteiger partial charge in [0, 0.05) is 48.8 Å². The molecule has 30 heavy (non-hydrogen) atoms. The predicted molar refractivity (Wildman–Crippen MR) is 118 cm³/mol. The van der Waals surface area contributed by atoms with Gasteiger partial charge in [-0.25, -0.2) is 4.98 Å². The highest BCUT2D eigenvalue weighted by Gasteiger charge is 2.49. The second-order valence-corrected chi connectivity index (χ2v) is 10.1. The summed E-state index contributed by atoms with van der Waals surface area (Å²) in [5, 5.41) is 10.3. The third-order valence-electron chi connectivity index (χ3n) is 5.92. The van der Waals surface area contributed by atoms with Crippen LogP contribution in [0.25, 0.3) is 0 Å². The van der Waals surface area contributed by atoms with Crippen LogP contribution in [0.15, 0.2) is 24.4 Å². The first-order valence-electron chi connectivity index (χ1n) is 10.0. The molecule has 2 aromatic rings. The van der Waals surface area contributed by atoms with Crippen LogP contribution in [0.1, 0.15) is 36.3 Å². The topological polar surface area (TPSA) is 73.7 Å². The van der Waals surface area contributed by atoms with E-state index < -0.39 is 0 Å². The third-order valence-corrected chi connectivity index (χ3v) is 7.27. The van der Waals surface area contributed by atoms with Crippen molar-refractivity contribution < 1.29 is 14.7 Å². The Bertz CT molecular complexity index is 967. The molecule has 3 heterocycles. The number of rotatable bonds is 6. The summed E-state index contributed by atoms with van der Waals surface area (Å²) in [4.78, 5) is 33.6. The van der Waals surface area contributed by atoms with Gasteiger partial charge in [0.15, 0.2) is 0 Å². The van der Waals surface area contributed by atoms with Crippen molar-refractivity contribution in [1.29, 1.82) is 0 Å². The van der Waals surface area contributed by atoms with Gasteiger partial charge in [0.05, 0.1) is 12.6 Å². The molecule has 2 amide bonds. The molecule has 160 valence electrons. The molecule has 0 radical (unpaired) electrons. The van der Waals surface area contributed by atoms with E-state index in [1.807, 2.05) is 17.0 Å². The molecule has 1 unspecified atom stereocenters. The molecule has 0 saturated carbocycles. The van der Waals surface area contributed by atoms with Gasteiger partial charge in [-0.05, 0) is 43.0 Å². The van der Waals surface area contributed by atoms with Crippen molar-refractivity contribution in [3.8, 4) is 0 Å². The lowest BCUT2D eigenvalue weighted by molar-refractivity contribution is -0.130. The van der Waals surface area contributed by atoms with Gasteiger partial charge in [-0.2, -0.15) is 0 Å². The lowest BCUT2D eigenvalue weighted by Crippen LogP contribution is -2.40. The molecule has 1 aromatic heterocycles. The van der Waals surface area contributed by atoms with Crippen LogP contribution in [0, 0.1) is 0 Å². The minimum atomic E-state index is -0.303. The number of amides is 2. The van der Waals surface area contributed by atoms with Crippen LogP contribution in [0.4, 0.5) is 5.69 Å². The average molecular weight is 468 g/mol. The summed E-state index contributed by atoms with van der Waals surface area (Å²) in [6.07, 6.45) is 4.30. The third kappa shape index (κ3) is 4.21. The zero-order valence-corrected chi connectivity index (χ0v) is 18.8. The molecule has 6 nitrogen and oxygen atoms in total. The van der Waals surface area contributed by atoms with Crippen molar-refractivity contribution in [2.24, 2.45) is 0 Å². The molecule has 2 aliphatic heterocycles. The number of nitrogens with zero attached hydrogens (tertiary/aromatic N) is 3. The molecule has 4 rings (SSSR count). The summed E-state index contributed by atoms with van der Waals surface area (Å²) in [5.74, 6) is 0.0697. The zero-order valence-electron chi connectivity index (χ0n) is 16.4. The van der Waals surface area contributed by atoms with Crippen LogP contribution < -0.4 is 4.90 Å². The molecular weight excluding hydrogens is 445 g/mol. The number of thiazole rings is 1. The summed E-state index contributed by atoms with van der Waals surface area (Å²) >= 11 is 13.6. The lowest BCUT2D eigenvalue weighted by atomic mass is 9.81. The Hall–Kier alpha value is -1.67. The second-order valence-electron chi connectivity index (χ2n) is 7.90. The highest BCUT2D eigenvalue weighted by Crippen LogP contribution is 2.47. The highest BCUT2D eigenvalue weighted by molar-refractivity contribution is 7.15. The number of halogens is 2. The van der Waals surface area contributed by atoms with Crippen molar-refractivity contribution in [2.75, 3.05) is 31.1 Å². The Kier molecular flexibility index (Phi) is 6.34. The first-order valence-corrected chi connectivity index (χ1v) is 11.6. The monoisotopic (exact) mass is 467 g/mol. The van der Waals surface area contributed by atoms with Crippen molar-refractivity contribution in [1.82, 2.24) is 9.88 Å². The van der Waals surface area contributed by atoms with Crippen LogP contribution in [0.5, 0.6) is 0 Å². The quantitative estimate of drug-likeness (QED) is 0.657. The molecular formula is C21H23Cl2N3O3S. The first kappa shape index (κ1) is 21.6. The van der Waals surface area contributed by atoms with E-state index in [0.29, 0.717) is 53.3 Å². The van der Waals surface area contributed by atoms with Gasteiger partial charge in [-0.3, -0.25) is 9.59 Å². The number of unbranched alkanes of at least 4 members (excludes halogenated alkanes) is 1. The number of likely N-dealkylation sites (tertiary alicyclic amines) is 1. The van der Waals surface area contributed by atoms with Crippen LogP contribution in [-0.2, 0) is 21.4 Å². The van der Waals surface area contributed by atoms with E-state index in [4.69, 9.17) is 28.3 Å². The Morgan fingerprint density at radius 3 is 2.77 bits per heavy atom. The molecule has 1 N–H and O–H groups in total. The second kappa shape index (κ2) is 8.83. The van der Waals surface area contributed by atoms with E-state index in [2.05, 4.69) is 4.98 Å². The number of carbonyl (C=O) groups is 2. The molecule has 0 bridgehead atoms. The minimum Gasteiger partial charge on any atom is -0.396 e. The SMILES string of the molecule is O=C(CCCCO)N1CCC2(C1)CN(C(=O)Cc1ncc(Cl)s1)c1ccc(Cl)cc12.